The first-order chi connectivity index (χ1) is 37.7. The molecule has 474 valence electrons. The van der Waals surface area contributed by atoms with Gasteiger partial charge in [0.05, 0.1) is 18.3 Å². The first-order valence-corrected chi connectivity index (χ1v) is 36.1. The van der Waals surface area contributed by atoms with Gasteiger partial charge in [0.1, 0.15) is 24.3 Å². The number of carbonyl (C=O) groups is 2. The summed E-state index contributed by atoms with van der Waals surface area (Å²) in [7, 11) is 0. The summed E-state index contributed by atoms with van der Waals surface area (Å²) in [5.41, 5.74) is 0. The molecule has 9 nitrogen and oxygen atoms in total. The lowest BCUT2D eigenvalue weighted by atomic mass is 10.0. The maximum absolute atomic E-state index is 13.2. The molecule has 7 atom stereocenters. The predicted octanol–water partition coefficient (Wildman–Crippen LogP) is 18.9. The Balaban J connectivity index is 0. The van der Waals surface area contributed by atoms with Gasteiger partial charge in [-0.25, -0.2) is 0 Å². The second-order valence-electron chi connectivity index (χ2n) is 23.9. The molecule has 4 N–H and O–H groups in total. The Bertz CT molecular complexity index is 1270. The van der Waals surface area contributed by atoms with Crippen LogP contribution in [0.15, 0.2) is 0 Å². The molecule has 0 radical (unpaired) electrons. The number of thioether (sulfide) groups is 2. The van der Waals surface area contributed by atoms with E-state index in [-0.39, 0.29) is 63.3 Å². The van der Waals surface area contributed by atoms with Crippen LogP contribution in [-0.4, -0.2) is 117 Å². The predicted molar refractivity (Wildman–Crippen MR) is 349 cm³/mol. The lowest BCUT2D eigenvalue weighted by molar-refractivity contribution is -0.166. The van der Waals surface area contributed by atoms with Crippen molar-refractivity contribution in [3.63, 3.8) is 0 Å². The number of carbonyl (C=O) groups excluding carboxylic acids is 2. The fraction of sp³-hybridized carbons (Fsp3) is 0.971. The Morgan fingerprint density at radius 3 is 1.13 bits per heavy atom. The minimum Gasteiger partial charge on any atom is -0.460 e. The normalized spacial score (nSPS) is 18.7. The second kappa shape index (κ2) is 60.6. The first kappa shape index (κ1) is 80.5. The Kier molecular flexibility index (Phi) is 61.7. The van der Waals surface area contributed by atoms with Crippen LogP contribution in [0.25, 0.3) is 0 Å². The van der Waals surface area contributed by atoms with Gasteiger partial charge in [0, 0.05) is 42.6 Å². The summed E-state index contributed by atoms with van der Waals surface area (Å²) < 4.78 is 11.6. The standard InChI is InChI=1S/C39H77NO4S.C27H53NO3S.2CH4/c1-4-7-10-13-16-19-22-25-28-35(41)31-40-32-37(30-27-24-21-18-15-12-9-6-3)44-39(43)38(40)34-45-33-36(42)29-26-23-20-17-14-11-8-5-2;1-3-5-7-9-11-13-15-17-19-24(29)22-32-23-26-27(30)31-25(21-28-26)20-18-16-14-12-10-8-6-4-2;;/h35-38,41-42H,4-34H2,1-3H3;24-26,28-29H,3-23H2,1-2H3;2*1H4. The van der Waals surface area contributed by atoms with E-state index in [1.54, 1.807) is 23.5 Å². The molecule has 2 aliphatic rings. The van der Waals surface area contributed by atoms with Crippen LogP contribution in [-0.2, 0) is 19.1 Å². The number of ether oxygens (including phenoxy) is 2. The summed E-state index contributed by atoms with van der Waals surface area (Å²) in [6.45, 7) is 13.3. The number of morpholine rings is 2. The van der Waals surface area contributed by atoms with E-state index in [1.165, 1.54) is 225 Å². The molecular weight excluding hydrogens is 1020 g/mol. The van der Waals surface area contributed by atoms with Crippen molar-refractivity contribution in [2.45, 2.75) is 381 Å². The molecule has 11 heteroatoms. The smallest absolute Gasteiger partial charge is 0.324 e. The Hall–Kier alpha value is -0.560. The Morgan fingerprint density at radius 1 is 0.430 bits per heavy atom. The first-order valence-electron chi connectivity index (χ1n) is 33.8. The summed E-state index contributed by atoms with van der Waals surface area (Å²) in [5.74, 6) is 2.46. The van der Waals surface area contributed by atoms with E-state index in [1.807, 2.05) is 0 Å². The van der Waals surface area contributed by atoms with E-state index < -0.39 is 6.10 Å². The molecule has 0 aliphatic carbocycles. The van der Waals surface area contributed by atoms with Gasteiger partial charge >= 0.3 is 11.9 Å². The summed E-state index contributed by atoms with van der Waals surface area (Å²) in [5, 5.41) is 35.1. The fourth-order valence-corrected chi connectivity index (χ4v) is 13.2. The van der Waals surface area contributed by atoms with Gasteiger partial charge in [0.25, 0.3) is 0 Å². The molecule has 0 aromatic rings. The zero-order chi connectivity index (χ0) is 56.1. The van der Waals surface area contributed by atoms with Crippen molar-refractivity contribution >= 4 is 35.5 Å². The monoisotopic (exact) mass is 1160 g/mol. The van der Waals surface area contributed by atoms with Gasteiger partial charge in [-0.2, -0.15) is 23.5 Å². The average molecular weight is 1160 g/mol. The molecule has 2 aliphatic heterocycles. The Morgan fingerprint density at radius 2 is 0.747 bits per heavy atom. The minimum atomic E-state index is -0.403. The number of β-amino-alcohol motifs (C(OH)–C–C–N with tert-alkyl or cyclic N) is 1. The summed E-state index contributed by atoms with van der Waals surface area (Å²) in [4.78, 5) is 27.7. The molecular formula is C68H138N2O7S2. The van der Waals surface area contributed by atoms with Gasteiger partial charge in [-0.05, 0) is 44.9 Å². The number of aliphatic hydroxyl groups is 3. The lowest BCUT2D eigenvalue weighted by Crippen LogP contribution is -2.55. The van der Waals surface area contributed by atoms with Crippen molar-refractivity contribution in [1.82, 2.24) is 10.2 Å². The third kappa shape index (κ3) is 49.4. The molecule has 0 spiro atoms. The zero-order valence-electron chi connectivity index (χ0n) is 51.5. The number of nitrogens with one attached hydrogen (secondary N) is 1. The summed E-state index contributed by atoms with van der Waals surface area (Å²) >= 11 is 3.34. The maximum atomic E-state index is 13.2. The van der Waals surface area contributed by atoms with Crippen molar-refractivity contribution in [3.8, 4) is 0 Å². The maximum Gasteiger partial charge on any atom is 0.324 e. The van der Waals surface area contributed by atoms with Gasteiger partial charge in [-0.15, -0.1) is 0 Å². The van der Waals surface area contributed by atoms with Gasteiger partial charge in [-0.1, -0.05) is 293 Å². The van der Waals surface area contributed by atoms with Gasteiger partial charge < -0.3 is 30.1 Å². The molecule has 0 aromatic heterocycles. The molecule has 0 amide bonds. The number of esters is 2. The van der Waals surface area contributed by atoms with E-state index >= 15 is 0 Å². The molecule has 2 rings (SSSR count). The minimum absolute atomic E-state index is 0. The Labute approximate surface area is 501 Å². The van der Waals surface area contributed by atoms with Gasteiger partial charge in [-0.3, -0.25) is 14.5 Å². The summed E-state index contributed by atoms with van der Waals surface area (Å²) in [6.07, 6.45) is 54.7. The molecule has 2 heterocycles. The van der Waals surface area contributed by atoms with Gasteiger partial charge in [0.15, 0.2) is 0 Å². The van der Waals surface area contributed by atoms with Crippen LogP contribution >= 0.6 is 23.5 Å². The number of hydrogen-bond acceptors (Lipinski definition) is 11. The highest BCUT2D eigenvalue weighted by molar-refractivity contribution is 7.99. The van der Waals surface area contributed by atoms with Crippen LogP contribution in [0.1, 0.15) is 338 Å². The number of hydrogen-bond donors (Lipinski definition) is 4. The highest BCUT2D eigenvalue weighted by Gasteiger charge is 2.37. The van der Waals surface area contributed by atoms with Crippen LogP contribution < -0.4 is 5.32 Å². The molecule has 0 aromatic carbocycles. The molecule has 2 saturated heterocycles. The largest absolute Gasteiger partial charge is 0.460 e. The summed E-state index contributed by atoms with van der Waals surface area (Å²) in [6, 6.07) is -0.543. The van der Waals surface area contributed by atoms with Crippen molar-refractivity contribution in [3.05, 3.63) is 0 Å². The molecule has 7 unspecified atom stereocenters. The third-order valence-corrected chi connectivity index (χ3v) is 18.5. The number of unbranched alkanes of at least 4 members (excludes halogenated alkanes) is 35. The highest BCUT2D eigenvalue weighted by Crippen LogP contribution is 2.25. The van der Waals surface area contributed by atoms with Crippen LogP contribution in [0, 0.1) is 0 Å². The van der Waals surface area contributed by atoms with Crippen molar-refractivity contribution in [2.75, 3.05) is 42.6 Å². The van der Waals surface area contributed by atoms with E-state index in [0.29, 0.717) is 29.6 Å². The molecule has 0 saturated carbocycles. The average Bonchev–Trinajstić information content (AvgIpc) is 3.42. The number of aliphatic hydroxyl groups excluding tert-OH is 3. The highest BCUT2D eigenvalue weighted by atomic mass is 32.2. The number of cyclic esters (lactones) is 2. The zero-order valence-corrected chi connectivity index (χ0v) is 53.2. The van der Waals surface area contributed by atoms with Crippen LogP contribution in [0.4, 0.5) is 0 Å². The number of nitrogens with zero attached hydrogens (tertiary/aromatic N) is 1. The fourth-order valence-electron chi connectivity index (χ4n) is 11.0. The third-order valence-electron chi connectivity index (χ3n) is 16.2. The van der Waals surface area contributed by atoms with E-state index in [0.717, 1.165) is 77.3 Å². The van der Waals surface area contributed by atoms with E-state index in [4.69, 9.17) is 9.47 Å². The van der Waals surface area contributed by atoms with Gasteiger partial charge in [0.2, 0.25) is 0 Å². The topological polar surface area (TPSA) is 129 Å². The van der Waals surface area contributed by atoms with Crippen molar-refractivity contribution < 1.29 is 34.4 Å². The van der Waals surface area contributed by atoms with Crippen LogP contribution in [0.5, 0.6) is 0 Å². The van der Waals surface area contributed by atoms with Crippen LogP contribution in [0.2, 0.25) is 0 Å². The SMILES string of the molecule is C.C.CCCCCCCCCCC(O)CSCC1C(=O)OC(CCCCCCCCCC)CN1CC(O)CCCCCCCCCC.CCCCCCCCCCC(O)CSCC1NCC(CCCCCCCCCC)OC1=O. The second-order valence-corrected chi connectivity index (χ2v) is 26.1. The van der Waals surface area contributed by atoms with Crippen LogP contribution in [0.3, 0.4) is 0 Å². The number of rotatable bonds is 55. The molecule has 79 heavy (non-hydrogen) atoms. The van der Waals surface area contributed by atoms with E-state index in [2.05, 4.69) is 44.8 Å². The molecule has 2 fully saturated rings. The lowest BCUT2D eigenvalue weighted by Gasteiger charge is -2.39. The van der Waals surface area contributed by atoms with E-state index in [9.17, 15) is 24.9 Å². The van der Waals surface area contributed by atoms with Crippen molar-refractivity contribution in [2.24, 2.45) is 0 Å². The quantitative estimate of drug-likeness (QED) is 0.0343. The van der Waals surface area contributed by atoms with Crippen molar-refractivity contribution in [1.29, 1.82) is 0 Å². The molecule has 0 bridgehead atoms.